The summed E-state index contributed by atoms with van der Waals surface area (Å²) in [7, 11) is 0. The Morgan fingerprint density at radius 1 is 1.10 bits per heavy atom. The SMILES string of the molecule is CC(C)CN1CCN(C(=O)C(N)CC(N)=O)CC1.Cl.Cl. The lowest BCUT2D eigenvalue weighted by Crippen LogP contribution is -2.54. The van der Waals surface area contributed by atoms with Crippen LogP contribution in [-0.4, -0.2) is 60.4 Å². The number of hydrogen-bond donors (Lipinski definition) is 2. The van der Waals surface area contributed by atoms with Gasteiger partial charge in [0.25, 0.3) is 0 Å². The van der Waals surface area contributed by atoms with E-state index in [0.717, 1.165) is 19.6 Å². The number of carbonyl (C=O) groups excluding carboxylic acids is 2. The first-order chi connectivity index (χ1) is 8.40. The van der Waals surface area contributed by atoms with Crippen molar-refractivity contribution in [2.75, 3.05) is 32.7 Å². The molecule has 20 heavy (non-hydrogen) atoms. The van der Waals surface area contributed by atoms with Crippen molar-refractivity contribution in [1.82, 2.24) is 9.80 Å². The Morgan fingerprint density at radius 3 is 2.00 bits per heavy atom. The molecule has 1 heterocycles. The van der Waals surface area contributed by atoms with Crippen LogP contribution in [0.1, 0.15) is 20.3 Å². The summed E-state index contributed by atoms with van der Waals surface area (Å²) in [4.78, 5) is 26.7. The van der Waals surface area contributed by atoms with Gasteiger partial charge in [-0.1, -0.05) is 13.8 Å². The number of nitrogens with zero attached hydrogens (tertiary/aromatic N) is 2. The average Bonchev–Trinajstić information content (AvgIpc) is 2.27. The molecule has 1 saturated heterocycles. The van der Waals surface area contributed by atoms with Gasteiger partial charge < -0.3 is 16.4 Å². The molecule has 0 saturated carbocycles. The lowest BCUT2D eigenvalue weighted by atomic mass is 10.1. The molecule has 0 aromatic heterocycles. The number of nitrogens with two attached hydrogens (primary N) is 2. The van der Waals surface area contributed by atoms with Gasteiger partial charge in [0.2, 0.25) is 11.8 Å². The van der Waals surface area contributed by atoms with E-state index >= 15 is 0 Å². The van der Waals surface area contributed by atoms with Crippen molar-refractivity contribution < 1.29 is 9.59 Å². The first kappa shape index (κ1) is 21.7. The van der Waals surface area contributed by atoms with Gasteiger partial charge >= 0.3 is 0 Å². The standard InChI is InChI=1S/C12H24N4O2.2ClH/c1-9(2)8-15-3-5-16(6-4-15)12(18)10(13)7-11(14)17;;/h9-10H,3-8,13H2,1-2H3,(H2,14,17);2*1H. The van der Waals surface area contributed by atoms with Crippen LogP contribution >= 0.6 is 24.8 Å². The zero-order chi connectivity index (χ0) is 13.7. The number of hydrogen-bond acceptors (Lipinski definition) is 4. The van der Waals surface area contributed by atoms with Gasteiger partial charge in [0, 0.05) is 32.7 Å². The van der Waals surface area contributed by atoms with Crippen LogP contribution in [0.4, 0.5) is 0 Å². The molecule has 1 atom stereocenters. The van der Waals surface area contributed by atoms with E-state index in [0.29, 0.717) is 19.0 Å². The highest BCUT2D eigenvalue weighted by Crippen LogP contribution is 2.07. The maximum absolute atomic E-state index is 11.9. The zero-order valence-corrected chi connectivity index (χ0v) is 13.7. The van der Waals surface area contributed by atoms with Crippen LogP contribution in [0, 0.1) is 5.92 Å². The van der Waals surface area contributed by atoms with Gasteiger partial charge in [0.05, 0.1) is 12.5 Å². The molecule has 0 radical (unpaired) electrons. The minimum absolute atomic E-state index is 0. The van der Waals surface area contributed by atoms with Crippen LogP contribution in [0.2, 0.25) is 0 Å². The van der Waals surface area contributed by atoms with Crippen LogP contribution in [0.25, 0.3) is 0 Å². The summed E-state index contributed by atoms with van der Waals surface area (Å²) in [5.41, 5.74) is 10.7. The van der Waals surface area contributed by atoms with Crippen molar-refractivity contribution in [3.63, 3.8) is 0 Å². The van der Waals surface area contributed by atoms with Crippen LogP contribution in [0.5, 0.6) is 0 Å². The van der Waals surface area contributed by atoms with Crippen molar-refractivity contribution in [2.45, 2.75) is 26.3 Å². The van der Waals surface area contributed by atoms with Crippen molar-refractivity contribution >= 4 is 36.6 Å². The van der Waals surface area contributed by atoms with Gasteiger partial charge in [-0.2, -0.15) is 0 Å². The molecule has 1 rings (SSSR count). The van der Waals surface area contributed by atoms with E-state index in [4.69, 9.17) is 11.5 Å². The fraction of sp³-hybridized carbons (Fsp3) is 0.833. The van der Waals surface area contributed by atoms with Crippen molar-refractivity contribution in [3.05, 3.63) is 0 Å². The second kappa shape index (κ2) is 10.2. The largest absolute Gasteiger partial charge is 0.370 e. The van der Waals surface area contributed by atoms with Gasteiger partial charge in [-0.25, -0.2) is 0 Å². The molecule has 1 aliphatic heterocycles. The smallest absolute Gasteiger partial charge is 0.240 e. The van der Waals surface area contributed by atoms with Gasteiger partial charge in [-0.3, -0.25) is 14.5 Å². The predicted octanol–water partition coefficient (Wildman–Crippen LogP) is -0.167. The van der Waals surface area contributed by atoms with E-state index < -0.39 is 11.9 Å². The second-order valence-corrected chi connectivity index (χ2v) is 5.30. The summed E-state index contributed by atoms with van der Waals surface area (Å²) in [6.07, 6.45) is -0.0783. The Labute approximate surface area is 133 Å². The van der Waals surface area contributed by atoms with E-state index in [1.807, 2.05) is 0 Å². The molecule has 8 heteroatoms. The summed E-state index contributed by atoms with van der Waals surface area (Å²) < 4.78 is 0. The molecule has 1 aliphatic rings. The normalized spacial score (nSPS) is 17.1. The maximum Gasteiger partial charge on any atom is 0.240 e. The first-order valence-corrected chi connectivity index (χ1v) is 6.45. The van der Waals surface area contributed by atoms with Gasteiger partial charge in [-0.05, 0) is 5.92 Å². The highest BCUT2D eigenvalue weighted by molar-refractivity contribution is 5.87. The lowest BCUT2D eigenvalue weighted by molar-refractivity contribution is -0.136. The van der Waals surface area contributed by atoms with E-state index in [-0.39, 0.29) is 37.1 Å². The molecule has 0 aromatic rings. The third-order valence-electron chi connectivity index (χ3n) is 3.05. The Morgan fingerprint density at radius 2 is 1.60 bits per heavy atom. The molecule has 1 unspecified atom stereocenters. The van der Waals surface area contributed by atoms with E-state index in [2.05, 4.69) is 18.7 Å². The second-order valence-electron chi connectivity index (χ2n) is 5.30. The minimum atomic E-state index is -0.792. The van der Waals surface area contributed by atoms with Gasteiger partial charge in [0.1, 0.15) is 0 Å². The molecule has 0 aliphatic carbocycles. The molecule has 1 fully saturated rings. The minimum Gasteiger partial charge on any atom is -0.370 e. The zero-order valence-electron chi connectivity index (χ0n) is 12.1. The van der Waals surface area contributed by atoms with Crippen molar-refractivity contribution in [2.24, 2.45) is 17.4 Å². The van der Waals surface area contributed by atoms with E-state index in [9.17, 15) is 9.59 Å². The molecule has 2 amide bonds. The van der Waals surface area contributed by atoms with Crippen LogP contribution in [0.15, 0.2) is 0 Å². The third-order valence-corrected chi connectivity index (χ3v) is 3.05. The summed E-state index contributed by atoms with van der Waals surface area (Å²) in [5, 5.41) is 0. The number of halogens is 2. The van der Waals surface area contributed by atoms with Crippen LogP contribution in [0.3, 0.4) is 0 Å². The Hall–Kier alpha value is -0.560. The fourth-order valence-electron chi connectivity index (χ4n) is 2.21. The van der Waals surface area contributed by atoms with E-state index in [1.54, 1.807) is 4.90 Å². The average molecular weight is 329 g/mol. The molecular weight excluding hydrogens is 303 g/mol. The topological polar surface area (TPSA) is 92.7 Å². The number of carbonyl (C=O) groups is 2. The summed E-state index contributed by atoms with van der Waals surface area (Å²) >= 11 is 0. The molecular formula is C12H26Cl2N4O2. The first-order valence-electron chi connectivity index (χ1n) is 6.45. The molecule has 0 aromatic carbocycles. The predicted molar refractivity (Wildman–Crippen MR) is 84.1 cm³/mol. The monoisotopic (exact) mass is 328 g/mol. The Kier molecular flexibility index (Phi) is 11.1. The molecule has 120 valence electrons. The van der Waals surface area contributed by atoms with Crippen LogP contribution < -0.4 is 11.5 Å². The number of piperazine rings is 1. The number of primary amides is 1. The fourth-order valence-corrected chi connectivity index (χ4v) is 2.21. The van der Waals surface area contributed by atoms with Gasteiger partial charge in [0.15, 0.2) is 0 Å². The molecule has 4 N–H and O–H groups in total. The molecule has 0 bridgehead atoms. The molecule has 6 nitrogen and oxygen atoms in total. The number of amides is 2. The quantitative estimate of drug-likeness (QED) is 0.733. The van der Waals surface area contributed by atoms with Crippen molar-refractivity contribution in [1.29, 1.82) is 0 Å². The highest BCUT2D eigenvalue weighted by atomic mass is 35.5. The Bertz CT molecular complexity index is 308. The maximum atomic E-state index is 11.9. The molecule has 0 spiro atoms. The number of rotatable bonds is 5. The summed E-state index contributed by atoms with van der Waals surface area (Å²) in [6, 6.07) is -0.792. The lowest BCUT2D eigenvalue weighted by Gasteiger charge is -2.36. The van der Waals surface area contributed by atoms with E-state index in [1.165, 1.54) is 0 Å². The summed E-state index contributed by atoms with van der Waals surface area (Å²) in [6.45, 7) is 8.51. The van der Waals surface area contributed by atoms with Gasteiger partial charge in [-0.15, -0.1) is 24.8 Å². The Balaban J connectivity index is 0. The third kappa shape index (κ3) is 7.28. The van der Waals surface area contributed by atoms with Crippen molar-refractivity contribution in [3.8, 4) is 0 Å². The highest BCUT2D eigenvalue weighted by Gasteiger charge is 2.26. The van der Waals surface area contributed by atoms with Crippen LogP contribution in [-0.2, 0) is 9.59 Å². The summed E-state index contributed by atoms with van der Waals surface area (Å²) in [5.74, 6) is -0.0725.